The Morgan fingerprint density at radius 1 is 1.00 bits per heavy atom. The van der Waals surface area contributed by atoms with Crippen LogP contribution < -0.4 is 0 Å². The van der Waals surface area contributed by atoms with E-state index < -0.39 is 11.7 Å². The summed E-state index contributed by atoms with van der Waals surface area (Å²) in [4.78, 5) is 0. The third kappa shape index (κ3) is 1.62. The molecule has 1 nitrogen and oxygen atoms in total. The zero-order valence-corrected chi connectivity index (χ0v) is 9.77. The van der Waals surface area contributed by atoms with E-state index >= 15 is 0 Å². The van der Waals surface area contributed by atoms with Crippen molar-refractivity contribution in [1.29, 1.82) is 0 Å². The van der Waals surface area contributed by atoms with Crippen LogP contribution >= 0.6 is 11.3 Å². The number of phenols is 1. The molecule has 0 bridgehead atoms. The zero-order chi connectivity index (χ0) is 12.9. The van der Waals surface area contributed by atoms with Crippen LogP contribution in [0.15, 0.2) is 36.4 Å². The molecule has 0 aliphatic heterocycles. The van der Waals surface area contributed by atoms with Crippen molar-refractivity contribution in [3.63, 3.8) is 0 Å². The highest BCUT2D eigenvalue weighted by atomic mass is 32.1. The normalized spacial score (nSPS) is 12.4. The first kappa shape index (κ1) is 11.3. The van der Waals surface area contributed by atoms with Crippen LogP contribution in [0.3, 0.4) is 0 Å². The number of rotatable bonds is 0. The maximum atomic E-state index is 13.0. The molecule has 0 aliphatic rings. The maximum absolute atomic E-state index is 13.0. The lowest BCUT2D eigenvalue weighted by Gasteiger charge is -2.09. The maximum Gasteiger partial charge on any atom is 0.417 e. The van der Waals surface area contributed by atoms with Crippen molar-refractivity contribution in [2.24, 2.45) is 0 Å². The Morgan fingerprint density at radius 2 is 1.72 bits per heavy atom. The molecule has 18 heavy (non-hydrogen) atoms. The standard InChI is InChI=1S/C13H7F3OS/c14-13(15,16)9-5-7(17)6-11-12(9)8-3-1-2-4-10(8)18-11/h1-6,17H. The number of hydrogen-bond acceptors (Lipinski definition) is 2. The number of phenolic OH excluding ortho intramolecular Hbond substituents is 1. The highest BCUT2D eigenvalue weighted by molar-refractivity contribution is 7.25. The third-order valence-corrected chi connectivity index (χ3v) is 3.89. The minimum absolute atomic E-state index is 0.168. The van der Waals surface area contributed by atoms with Crippen LogP contribution in [0.4, 0.5) is 13.2 Å². The topological polar surface area (TPSA) is 20.2 Å². The van der Waals surface area contributed by atoms with Gasteiger partial charge in [-0.15, -0.1) is 11.3 Å². The van der Waals surface area contributed by atoms with Crippen LogP contribution in [0.25, 0.3) is 20.2 Å². The zero-order valence-electron chi connectivity index (χ0n) is 8.95. The molecule has 0 aliphatic carbocycles. The molecule has 1 N–H and O–H groups in total. The molecule has 0 saturated heterocycles. The van der Waals surface area contributed by atoms with Crippen molar-refractivity contribution >= 4 is 31.5 Å². The minimum Gasteiger partial charge on any atom is -0.508 e. The monoisotopic (exact) mass is 268 g/mol. The first-order chi connectivity index (χ1) is 8.47. The number of aromatic hydroxyl groups is 1. The molecular weight excluding hydrogens is 261 g/mol. The smallest absolute Gasteiger partial charge is 0.417 e. The average Bonchev–Trinajstić information content (AvgIpc) is 2.64. The molecule has 1 heterocycles. The second-order valence-corrected chi connectivity index (χ2v) is 5.05. The predicted octanol–water partition coefficient (Wildman–Crippen LogP) is 4.78. The van der Waals surface area contributed by atoms with E-state index in [4.69, 9.17) is 0 Å². The molecule has 0 spiro atoms. The van der Waals surface area contributed by atoms with Gasteiger partial charge < -0.3 is 5.11 Å². The van der Waals surface area contributed by atoms with Crippen LogP contribution in [0.2, 0.25) is 0 Å². The molecule has 0 fully saturated rings. The Labute approximate surface area is 104 Å². The predicted molar refractivity (Wildman–Crippen MR) is 66.0 cm³/mol. The second-order valence-electron chi connectivity index (χ2n) is 3.96. The lowest BCUT2D eigenvalue weighted by molar-refractivity contribution is -0.136. The summed E-state index contributed by atoms with van der Waals surface area (Å²) in [7, 11) is 0. The second kappa shape index (κ2) is 3.62. The van der Waals surface area contributed by atoms with Gasteiger partial charge in [0.05, 0.1) is 5.56 Å². The lowest BCUT2D eigenvalue weighted by Crippen LogP contribution is -2.05. The van der Waals surface area contributed by atoms with E-state index in [2.05, 4.69) is 0 Å². The summed E-state index contributed by atoms with van der Waals surface area (Å²) >= 11 is 1.25. The number of benzene rings is 2. The Morgan fingerprint density at radius 3 is 2.44 bits per heavy atom. The van der Waals surface area contributed by atoms with Crippen LogP contribution in [-0.2, 0) is 6.18 Å². The summed E-state index contributed by atoms with van der Waals surface area (Å²) in [5, 5.41) is 10.1. The first-order valence-electron chi connectivity index (χ1n) is 5.18. The van der Waals surface area contributed by atoms with Gasteiger partial charge in [0.1, 0.15) is 5.75 Å². The fraction of sp³-hybridized carbons (Fsp3) is 0.0769. The van der Waals surface area contributed by atoms with Crippen LogP contribution in [0, 0.1) is 0 Å². The largest absolute Gasteiger partial charge is 0.508 e. The Balaban J connectivity index is 2.54. The van der Waals surface area contributed by atoms with Crippen molar-refractivity contribution < 1.29 is 18.3 Å². The Bertz CT molecular complexity index is 743. The van der Waals surface area contributed by atoms with Crippen molar-refractivity contribution in [1.82, 2.24) is 0 Å². The van der Waals surface area contributed by atoms with Gasteiger partial charge in [-0.05, 0) is 18.2 Å². The molecule has 0 radical (unpaired) electrons. The van der Waals surface area contributed by atoms with Gasteiger partial charge in [-0.25, -0.2) is 0 Å². The summed E-state index contributed by atoms with van der Waals surface area (Å²) in [6.07, 6.45) is -4.47. The van der Waals surface area contributed by atoms with Gasteiger partial charge in [0.15, 0.2) is 0 Å². The lowest BCUT2D eigenvalue weighted by atomic mass is 10.1. The number of hydrogen-bond donors (Lipinski definition) is 1. The van der Waals surface area contributed by atoms with E-state index in [1.807, 2.05) is 0 Å². The van der Waals surface area contributed by atoms with Gasteiger partial charge in [0, 0.05) is 20.2 Å². The van der Waals surface area contributed by atoms with E-state index in [-0.39, 0.29) is 11.1 Å². The molecule has 0 unspecified atom stereocenters. The number of thiophene rings is 1. The number of fused-ring (bicyclic) bond motifs is 3. The van der Waals surface area contributed by atoms with E-state index in [0.29, 0.717) is 10.1 Å². The van der Waals surface area contributed by atoms with Crippen molar-refractivity contribution in [3.05, 3.63) is 42.0 Å². The van der Waals surface area contributed by atoms with E-state index in [1.165, 1.54) is 17.4 Å². The summed E-state index contributed by atoms with van der Waals surface area (Å²) in [5.41, 5.74) is -0.782. The average molecular weight is 268 g/mol. The Hall–Kier alpha value is -1.75. The minimum atomic E-state index is -4.47. The Kier molecular flexibility index (Phi) is 2.28. The molecule has 92 valence electrons. The van der Waals surface area contributed by atoms with Crippen molar-refractivity contribution in [3.8, 4) is 5.75 Å². The molecule has 5 heteroatoms. The third-order valence-electron chi connectivity index (χ3n) is 2.77. The van der Waals surface area contributed by atoms with Crippen LogP contribution in [0.5, 0.6) is 5.75 Å². The van der Waals surface area contributed by atoms with Crippen molar-refractivity contribution in [2.75, 3.05) is 0 Å². The molecule has 0 amide bonds. The SMILES string of the molecule is Oc1cc(C(F)(F)F)c2c(c1)sc1ccccc12. The van der Waals surface area contributed by atoms with E-state index in [1.54, 1.807) is 24.3 Å². The quantitative estimate of drug-likeness (QED) is 0.622. The summed E-state index contributed by atoms with van der Waals surface area (Å²) in [5.74, 6) is -0.360. The van der Waals surface area contributed by atoms with Crippen LogP contribution in [-0.4, -0.2) is 5.11 Å². The molecule has 1 aromatic heterocycles. The number of halogens is 3. The fourth-order valence-electron chi connectivity index (χ4n) is 2.06. The molecule has 0 atom stereocenters. The highest BCUT2D eigenvalue weighted by Gasteiger charge is 2.34. The number of alkyl halides is 3. The summed E-state index contributed by atoms with van der Waals surface area (Å²) in [6, 6.07) is 9.08. The van der Waals surface area contributed by atoms with Crippen LogP contribution in [0.1, 0.15) is 5.56 Å². The molecular formula is C13H7F3OS. The highest BCUT2D eigenvalue weighted by Crippen LogP contribution is 2.43. The molecule has 3 aromatic rings. The van der Waals surface area contributed by atoms with E-state index in [9.17, 15) is 18.3 Å². The van der Waals surface area contributed by atoms with Gasteiger partial charge in [-0.1, -0.05) is 18.2 Å². The van der Waals surface area contributed by atoms with Gasteiger partial charge in [0.2, 0.25) is 0 Å². The molecule has 2 aromatic carbocycles. The molecule has 0 saturated carbocycles. The van der Waals surface area contributed by atoms with Gasteiger partial charge in [0.25, 0.3) is 0 Å². The fourth-order valence-corrected chi connectivity index (χ4v) is 3.23. The first-order valence-corrected chi connectivity index (χ1v) is 6.00. The van der Waals surface area contributed by atoms with Gasteiger partial charge in [-0.2, -0.15) is 13.2 Å². The molecule has 3 rings (SSSR count). The van der Waals surface area contributed by atoms with Gasteiger partial charge in [-0.3, -0.25) is 0 Å². The van der Waals surface area contributed by atoms with Crippen molar-refractivity contribution in [2.45, 2.75) is 6.18 Å². The summed E-state index contributed by atoms with van der Waals surface area (Å²) < 4.78 is 40.2. The summed E-state index contributed by atoms with van der Waals surface area (Å²) in [6.45, 7) is 0. The van der Waals surface area contributed by atoms with Gasteiger partial charge >= 0.3 is 6.18 Å². The van der Waals surface area contributed by atoms with E-state index in [0.717, 1.165) is 10.8 Å².